The molecule has 2 aromatic carbocycles. The maximum absolute atomic E-state index is 12.6. The van der Waals surface area contributed by atoms with Gasteiger partial charge in [0.25, 0.3) is 0 Å². The Kier molecular flexibility index (Phi) is 5.26. The standard InChI is InChI=1S/C21H18O6/c1-24-15-12-8-7-11-14(15)17(20(22)26-3)19-18(25-2)16(21(23)27-19)13-9-5-4-6-10-13/h4-12H,1-3H3. The first-order chi connectivity index (χ1) is 13.1. The summed E-state index contributed by atoms with van der Waals surface area (Å²) >= 11 is 0. The molecule has 138 valence electrons. The van der Waals surface area contributed by atoms with Gasteiger partial charge in [0.15, 0.2) is 11.5 Å². The Morgan fingerprint density at radius 1 is 0.889 bits per heavy atom. The molecule has 2 aromatic rings. The van der Waals surface area contributed by atoms with Crippen molar-refractivity contribution in [1.82, 2.24) is 0 Å². The molecule has 0 fully saturated rings. The van der Waals surface area contributed by atoms with Crippen LogP contribution in [0.4, 0.5) is 0 Å². The summed E-state index contributed by atoms with van der Waals surface area (Å²) in [7, 11) is 4.16. The molecular formula is C21H18O6. The highest BCUT2D eigenvalue weighted by Gasteiger charge is 2.37. The summed E-state index contributed by atoms with van der Waals surface area (Å²) in [6.07, 6.45) is 0. The smallest absolute Gasteiger partial charge is 0.348 e. The van der Waals surface area contributed by atoms with Gasteiger partial charge in [-0.3, -0.25) is 0 Å². The minimum Gasteiger partial charge on any atom is -0.496 e. The Bertz CT molecular complexity index is 940. The molecule has 27 heavy (non-hydrogen) atoms. The molecule has 0 aliphatic carbocycles. The lowest BCUT2D eigenvalue weighted by atomic mass is 10.0. The molecule has 0 saturated carbocycles. The molecule has 6 nitrogen and oxygen atoms in total. The van der Waals surface area contributed by atoms with Gasteiger partial charge in [0, 0.05) is 5.56 Å². The number of rotatable bonds is 5. The zero-order valence-electron chi connectivity index (χ0n) is 15.1. The Morgan fingerprint density at radius 2 is 1.56 bits per heavy atom. The van der Waals surface area contributed by atoms with Crippen LogP contribution in [-0.4, -0.2) is 33.3 Å². The van der Waals surface area contributed by atoms with E-state index in [2.05, 4.69) is 0 Å². The first-order valence-electron chi connectivity index (χ1n) is 8.14. The summed E-state index contributed by atoms with van der Waals surface area (Å²) in [5.74, 6) is -0.684. The van der Waals surface area contributed by atoms with E-state index < -0.39 is 11.9 Å². The first kappa shape index (κ1) is 18.3. The average Bonchev–Trinajstić information content (AvgIpc) is 3.04. The fraction of sp³-hybridized carbons (Fsp3) is 0.143. The Balaban J connectivity index is 2.30. The number of carbonyl (C=O) groups excluding carboxylic acids is 2. The molecule has 0 aromatic heterocycles. The van der Waals surface area contributed by atoms with Crippen molar-refractivity contribution in [3.8, 4) is 5.75 Å². The number of carbonyl (C=O) groups is 2. The van der Waals surface area contributed by atoms with E-state index in [0.29, 0.717) is 16.9 Å². The molecule has 1 aliphatic rings. The lowest BCUT2D eigenvalue weighted by molar-refractivity contribution is -0.134. The number of para-hydroxylation sites is 1. The number of esters is 2. The second-order valence-corrected chi connectivity index (χ2v) is 5.56. The third kappa shape index (κ3) is 3.29. The SMILES string of the molecule is COC(=O)C(=C1OC(=O)C(c2ccccc2)=C1OC)c1ccccc1OC. The predicted molar refractivity (Wildman–Crippen MR) is 98.4 cm³/mol. The largest absolute Gasteiger partial charge is 0.496 e. The molecule has 1 heterocycles. The summed E-state index contributed by atoms with van der Waals surface area (Å²) < 4.78 is 21.2. The van der Waals surface area contributed by atoms with Crippen LogP contribution in [0.5, 0.6) is 5.75 Å². The quantitative estimate of drug-likeness (QED) is 0.598. The first-order valence-corrected chi connectivity index (χ1v) is 8.14. The van der Waals surface area contributed by atoms with Gasteiger partial charge in [0.05, 0.1) is 21.3 Å². The third-order valence-corrected chi connectivity index (χ3v) is 4.09. The van der Waals surface area contributed by atoms with E-state index in [1.807, 2.05) is 6.07 Å². The number of methoxy groups -OCH3 is 3. The lowest BCUT2D eigenvalue weighted by Gasteiger charge is -2.13. The van der Waals surface area contributed by atoms with Crippen molar-refractivity contribution in [3.05, 3.63) is 77.2 Å². The zero-order valence-corrected chi connectivity index (χ0v) is 15.1. The second-order valence-electron chi connectivity index (χ2n) is 5.56. The molecule has 0 N–H and O–H groups in total. The summed E-state index contributed by atoms with van der Waals surface area (Å²) in [6.45, 7) is 0. The van der Waals surface area contributed by atoms with Crippen LogP contribution < -0.4 is 4.74 Å². The van der Waals surface area contributed by atoms with Crippen LogP contribution in [0.2, 0.25) is 0 Å². The zero-order chi connectivity index (χ0) is 19.4. The van der Waals surface area contributed by atoms with Gasteiger partial charge in [-0.25, -0.2) is 9.59 Å². The number of ether oxygens (including phenoxy) is 4. The van der Waals surface area contributed by atoms with Gasteiger partial charge in [0.1, 0.15) is 16.9 Å². The van der Waals surface area contributed by atoms with Gasteiger partial charge in [-0.15, -0.1) is 0 Å². The Labute approximate surface area is 156 Å². The van der Waals surface area contributed by atoms with E-state index in [1.165, 1.54) is 21.3 Å². The van der Waals surface area contributed by atoms with Gasteiger partial charge in [-0.1, -0.05) is 48.5 Å². The molecule has 0 unspecified atom stereocenters. The van der Waals surface area contributed by atoms with Crippen molar-refractivity contribution in [1.29, 1.82) is 0 Å². The van der Waals surface area contributed by atoms with E-state index in [4.69, 9.17) is 18.9 Å². The number of cyclic esters (lactones) is 1. The van der Waals surface area contributed by atoms with Gasteiger partial charge in [-0.2, -0.15) is 0 Å². The normalized spacial score (nSPS) is 15.3. The van der Waals surface area contributed by atoms with Crippen LogP contribution in [0.25, 0.3) is 11.1 Å². The highest BCUT2D eigenvalue weighted by molar-refractivity contribution is 6.25. The minimum atomic E-state index is -0.675. The Morgan fingerprint density at radius 3 is 2.19 bits per heavy atom. The van der Waals surface area contributed by atoms with Crippen molar-refractivity contribution in [3.63, 3.8) is 0 Å². The van der Waals surface area contributed by atoms with Crippen molar-refractivity contribution in [2.24, 2.45) is 0 Å². The van der Waals surface area contributed by atoms with Crippen molar-refractivity contribution in [2.75, 3.05) is 21.3 Å². The van der Waals surface area contributed by atoms with Gasteiger partial charge < -0.3 is 18.9 Å². The Hall–Kier alpha value is -3.54. The van der Waals surface area contributed by atoms with E-state index in [0.717, 1.165) is 0 Å². The fourth-order valence-corrected chi connectivity index (χ4v) is 2.89. The average molecular weight is 366 g/mol. The molecule has 0 bridgehead atoms. The fourth-order valence-electron chi connectivity index (χ4n) is 2.89. The predicted octanol–water partition coefficient (Wildman–Crippen LogP) is 3.19. The molecule has 0 atom stereocenters. The van der Waals surface area contributed by atoms with Crippen LogP contribution >= 0.6 is 0 Å². The molecule has 3 rings (SSSR count). The van der Waals surface area contributed by atoms with E-state index in [1.54, 1.807) is 48.5 Å². The van der Waals surface area contributed by atoms with E-state index in [-0.39, 0.29) is 22.7 Å². The summed E-state index contributed by atoms with van der Waals surface area (Å²) in [5, 5.41) is 0. The number of hydrogen-bond donors (Lipinski definition) is 0. The monoisotopic (exact) mass is 366 g/mol. The van der Waals surface area contributed by atoms with Crippen molar-refractivity contribution >= 4 is 23.1 Å². The van der Waals surface area contributed by atoms with Crippen molar-refractivity contribution in [2.45, 2.75) is 0 Å². The van der Waals surface area contributed by atoms with Crippen molar-refractivity contribution < 1.29 is 28.5 Å². The summed E-state index contributed by atoms with van der Waals surface area (Å²) in [6, 6.07) is 15.8. The van der Waals surface area contributed by atoms with E-state index in [9.17, 15) is 9.59 Å². The lowest BCUT2D eigenvalue weighted by Crippen LogP contribution is -2.10. The molecule has 0 spiro atoms. The molecule has 1 aliphatic heterocycles. The molecule has 0 amide bonds. The second kappa shape index (κ2) is 7.78. The number of hydrogen-bond acceptors (Lipinski definition) is 6. The topological polar surface area (TPSA) is 71.1 Å². The summed E-state index contributed by atoms with van der Waals surface area (Å²) in [4.78, 5) is 25.2. The summed E-state index contributed by atoms with van der Waals surface area (Å²) in [5.41, 5.74) is 1.34. The number of benzene rings is 2. The minimum absolute atomic E-state index is 0.00213. The molecule has 0 saturated heterocycles. The van der Waals surface area contributed by atoms with Gasteiger partial charge in [-0.05, 0) is 11.6 Å². The maximum atomic E-state index is 12.6. The highest BCUT2D eigenvalue weighted by atomic mass is 16.6. The van der Waals surface area contributed by atoms with Crippen LogP contribution in [-0.2, 0) is 23.8 Å². The van der Waals surface area contributed by atoms with Crippen LogP contribution in [0.1, 0.15) is 11.1 Å². The highest BCUT2D eigenvalue weighted by Crippen LogP contribution is 2.40. The third-order valence-electron chi connectivity index (χ3n) is 4.09. The van der Waals surface area contributed by atoms with Crippen LogP contribution in [0.15, 0.2) is 66.1 Å². The molecule has 0 radical (unpaired) electrons. The van der Waals surface area contributed by atoms with Crippen LogP contribution in [0.3, 0.4) is 0 Å². The van der Waals surface area contributed by atoms with Gasteiger partial charge in [0.2, 0.25) is 0 Å². The van der Waals surface area contributed by atoms with Gasteiger partial charge >= 0.3 is 11.9 Å². The van der Waals surface area contributed by atoms with Crippen LogP contribution in [0, 0.1) is 0 Å². The molecule has 6 heteroatoms. The molecular weight excluding hydrogens is 348 g/mol. The van der Waals surface area contributed by atoms with E-state index >= 15 is 0 Å². The maximum Gasteiger partial charge on any atom is 0.348 e.